The quantitative estimate of drug-likeness (QED) is 0.931. The highest BCUT2D eigenvalue weighted by Gasteiger charge is 2.20. The molecule has 4 nitrogen and oxygen atoms in total. The van der Waals surface area contributed by atoms with Gasteiger partial charge in [-0.3, -0.25) is 9.59 Å². The lowest BCUT2D eigenvalue weighted by Crippen LogP contribution is -2.36. The predicted octanol–water partition coefficient (Wildman–Crippen LogP) is 3.27. The number of anilines is 1. The first-order chi connectivity index (χ1) is 10.7. The molecule has 1 N–H and O–H groups in total. The molecule has 2 amide bonds. The zero-order valence-electron chi connectivity index (χ0n) is 13.0. The number of benzene rings is 1. The van der Waals surface area contributed by atoms with E-state index in [1.807, 2.05) is 29.2 Å². The Morgan fingerprint density at radius 1 is 1.00 bits per heavy atom. The number of hydrogen-bond acceptors (Lipinski definition) is 2. The maximum Gasteiger partial charge on any atom is 0.251 e. The topological polar surface area (TPSA) is 49.4 Å². The minimum absolute atomic E-state index is 0.00317. The fourth-order valence-electron chi connectivity index (χ4n) is 3.39. The number of rotatable bonds is 3. The summed E-state index contributed by atoms with van der Waals surface area (Å²) >= 11 is 0. The van der Waals surface area contributed by atoms with Crippen LogP contribution >= 0.6 is 0 Å². The maximum atomic E-state index is 12.3. The summed E-state index contributed by atoms with van der Waals surface area (Å²) in [6.45, 7) is 0.784. The normalized spacial score (nSPS) is 20.0. The summed E-state index contributed by atoms with van der Waals surface area (Å²) in [5.74, 6) is 0.189. The Kier molecular flexibility index (Phi) is 4.76. The SMILES string of the molecule is O=C(NC1CCCCC1)c1ccc(N2CCCCC2=O)cc1. The molecule has 0 unspecified atom stereocenters. The van der Waals surface area contributed by atoms with E-state index in [1.54, 1.807) is 0 Å². The Bertz CT molecular complexity index is 533. The molecule has 0 atom stereocenters. The van der Waals surface area contributed by atoms with Crippen molar-refractivity contribution in [3.8, 4) is 0 Å². The van der Waals surface area contributed by atoms with Crippen molar-refractivity contribution in [3.05, 3.63) is 29.8 Å². The van der Waals surface area contributed by atoms with Gasteiger partial charge in [0.05, 0.1) is 0 Å². The first kappa shape index (κ1) is 15.1. The summed E-state index contributed by atoms with van der Waals surface area (Å²) in [7, 11) is 0. The molecule has 22 heavy (non-hydrogen) atoms. The molecule has 0 radical (unpaired) electrons. The smallest absolute Gasteiger partial charge is 0.251 e. The molecule has 1 aromatic rings. The van der Waals surface area contributed by atoms with Gasteiger partial charge in [-0.25, -0.2) is 0 Å². The van der Waals surface area contributed by atoms with Crippen molar-refractivity contribution in [3.63, 3.8) is 0 Å². The molecule has 4 heteroatoms. The van der Waals surface area contributed by atoms with Crippen LogP contribution in [0.15, 0.2) is 24.3 Å². The van der Waals surface area contributed by atoms with Gasteiger partial charge in [-0.1, -0.05) is 19.3 Å². The van der Waals surface area contributed by atoms with Crippen LogP contribution in [0.4, 0.5) is 5.69 Å². The van der Waals surface area contributed by atoms with Crippen LogP contribution < -0.4 is 10.2 Å². The highest BCUT2D eigenvalue weighted by atomic mass is 16.2. The lowest BCUT2D eigenvalue weighted by molar-refractivity contribution is -0.119. The van der Waals surface area contributed by atoms with E-state index in [-0.39, 0.29) is 11.8 Å². The van der Waals surface area contributed by atoms with Crippen LogP contribution in [0.3, 0.4) is 0 Å². The summed E-state index contributed by atoms with van der Waals surface area (Å²) in [5.41, 5.74) is 1.58. The minimum atomic E-state index is 0.00317. The molecule has 1 aliphatic heterocycles. The fraction of sp³-hybridized carbons (Fsp3) is 0.556. The Labute approximate surface area is 131 Å². The van der Waals surface area contributed by atoms with Gasteiger partial charge in [-0.2, -0.15) is 0 Å². The predicted molar refractivity (Wildman–Crippen MR) is 87.0 cm³/mol. The fourth-order valence-corrected chi connectivity index (χ4v) is 3.39. The van der Waals surface area contributed by atoms with E-state index in [4.69, 9.17) is 0 Å². The lowest BCUT2D eigenvalue weighted by Gasteiger charge is -2.27. The van der Waals surface area contributed by atoms with Crippen LogP contribution in [0.2, 0.25) is 0 Å². The van der Waals surface area contributed by atoms with Gasteiger partial charge in [0.2, 0.25) is 5.91 Å². The molecule has 3 rings (SSSR count). The highest BCUT2D eigenvalue weighted by Crippen LogP contribution is 2.22. The Hall–Kier alpha value is -1.84. The van der Waals surface area contributed by atoms with Gasteiger partial charge in [0, 0.05) is 30.3 Å². The molecular formula is C18H24N2O2. The summed E-state index contributed by atoms with van der Waals surface area (Å²) < 4.78 is 0. The third-order valence-corrected chi connectivity index (χ3v) is 4.70. The van der Waals surface area contributed by atoms with E-state index in [9.17, 15) is 9.59 Å². The summed E-state index contributed by atoms with van der Waals surface area (Å²) in [4.78, 5) is 26.0. The average Bonchev–Trinajstić information content (AvgIpc) is 2.56. The zero-order valence-corrected chi connectivity index (χ0v) is 13.0. The third-order valence-electron chi connectivity index (χ3n) is 4.70. The Morgan fingerprint density at radius 2 is 1.73 bits per heavy atom. The highest BCUT2D eigenvalue weighted by molar-refractivity contribution is 5.97. The van der Waals surface area contributed by atoms with Crippen LogP contribution in [0, 0.1) is 0 Å². The van der Waals surface area contributed by atoms with Crippen LogP contribution in [0.25, 0.3) is 0 Å². The lowest BCUT2D eigenvalue weighted by atomic mass is 9.95. The molecule has 2 fully saturated rings. The second kappa shape index (κ2) is 6.95. The van der Waals surface area contributed by atoms with E-state index < -0.39 is 0 Å². The molecule has 2 aliphatic rings. The number of hydrogen-bond donors (Lipinski definition) is 1. The van der Waals surface area contributed by atoms with Crippen LogP contribution in [0.5, 0.6) is 0 Å². The number of nitrogens with one attached hydrogen (secondary N) is 1. The molecule has 0 aromatic heterocycles. The summed E-state index contributed by atoms with van der Waals surface area (Å²) in [6.07, 6.45) is 8.54. The number of carbonyl (C=O) groups excluding carboxylic acids is 2. The van der Waals surface area contributed by atoms with E-state index in [1.165, 1.54) is 19.3 Å². The second-order valence-corrected chi connectivity index (χ2v) is 6.36. The average molecular weight is 300 g/mol. The van der Waals surface area contributed by atoms with E-state index in [0.717, 1.165) is 37.9 Å². The van der Waals surface area contributed by atoms with Crippen molar-refractivity contribution in [2.24, 2.45) is 0 Å². The first-order valence-corrected chi connectivity index (χ1v) is 8.45. The molecule has 118 valence electrons. The monoisotopic (exact) mass is 300 g/mol. The zero-order chi connectivity index (χ0) is 15.4. The van der Waals surface area contributed by atoms with E-state index in [2.05, 4.69) is 5.32 Å². The molecule has 1 aromatic carbocycles. The van der Waals surface area contributed by atoms with Gasteiger partial charge in [-0.15, -0.1) is 0 Å². The molecule has 1 heterocycles. The van der Waals surface area contributed by atoms with Crippen molar-refractivity contribution in [1.29, 1.82) is 0 Å². The molecule has 1 aliphatic carbocycles. The van der Waals surface area contributed by atoms with Gasteiger partial charge in [0.25, 0.3) is 5.91 Å². The van der Waals surface area contributed by atoms with Crippen LogP contribution in [-0.4, -0.2) is 24.4 Å². The van der Waals surface area contributed by atoms with Crippen LogP contribution in [-0.2, 0) is 4.79 Å². The standard InChI is InChI=1S/C18H24N2O2/c21-17-8-4-5-13-20(17)16-11-9-14(10-12-16)18(22)19-15-6-2-1-3-7-15/h9-12,15H,1-8,13H2,(H,19,22). The maximum absolute atomic E-state index is 12.3. The molecule has 1 saturated carbocycles. The van der Waals surface area contributed by atoms with Crippen LogP contribution in [0.1, 0.15) is 61.7 Å². The third kappa shape index (κ3) is 3.49. The molecular weight excluding hydrogens is 276 g/mol. The first-order valence-electron chi connectivity index (χ1n) is 8.45. The Balaban J connectivity index is 1.63. The molecule has 0 bridgehead atoms. The number of amides is 2. The minimum Gasteiger partial charge on any atom is -0.349 e. The van der Waals surface area contributed by atoms with Crippen molar-refractivity contribution in [2.75, 3.05) is 11.4 Å². The Morgan fingerprint density at radius 3 is 2.41 bits per heavy atom. The van der Waals surface area contributed by atoms with Crippen molar-refractivity contribution < 1.29 is 9.59 Å². The van der Waals surface area contributed by atoms with Gasteiger partial charge >= 0.3 is 0 Å². The van der Waals surface area contributed by atoms with E-state index >= 15 is 0 Å². The molecule has 0 spiro atoms. The number of nitrogens with zero attached hydrogens (tertiary/aromatic N) is 1. The molecule has 1 saturated heterocycles. The largest absolute Gasteiger partial charge is 0.349 e. The van der Waals surface area contributed by atoms with Gasteiger partial charge < -0.3 is 10.2 Å². The number of carbonyl (C=O) groups is 2. The summed E-state index contributed by atoms with van der Waals surface area (Å²) in [5, 5.41) is 3.12. The second-order valence-electron chi connectivity index (χ2n) is 6.36. The van der Waals surface area contributed by atoms with Gasteiger partial charge in [0.1, 0.15) is 0 Å². The van der Waals surface area contributed by atoms with E-state index in [0.29, 0.717) is 18.0 Å². The van der Waals surface area contributed by atoms with Gasteiger partial charge in [-0.05, 0) is 49.9 Å². The number of piperidine rings is 1. The summed E-state index contributed by atoms with van der Waals surface area (Å²) in [6, 6.07) is 7.76. The van der Waals surface area contributed by atoms with Crippen molar-refractivity contribution >= 4 is 17.5 Å². The van der Waals surface area contributed by atoms with Crippen molar-refractivity contribution in [2.45, 2.75) is 57.4 Å². The van der Waals surface area contributed by atoms with Crippen molar-refractivity contribution in [1.82, 2.24) is 5.32 Å². The van der Waals surface area contributed by atoms with Gasteiger partial charge in [0.15, 0.2) is 0 Å².